The first kappa shape index (κ1) is 22.7. The molecule has 156 valence electrons. The highest BCUT2D eigenvalue weighted by Gasteiger charge is 2.56. The van der Waals surface area contributed by atoms with Crippen LogP contribution in [0.25, 0.3) is 0 Å². The summed E-state index contributed by atoms with van der Waals surface area (Å²) in [5.74, 6) is 0.502. The van der Waals surface area contributed by atoms with Gasteiger partial charge in [-0.25, -0.2) is 0 Å². The molecule has 1 saturated heterocycles. The zero-order valence-corrected chi connectivity index (χ0v) is 19.2. The van der Waals surface area contributed by atoms with Gasteiger partial charge in [0.25, 0.3) is 0 Å². The minimum Gasteiger partial charge on any atom is -0.497 e. The molecule has 6 heteroatoms. The molecule has 2 rings (SSSR count). The maximum Gasteiger partial charge on any atom is 0.318 e. The Morgan fingerprint density at radius 1 is 1.25 bits per heavy atom. The molecular formula is C22H34O5Si. The summed E-state index contributed by atoms with van der Waals surface area (Å²) >= 11 is 0. The van der Waals surface area contributed by atoms with Crippen molar-refractivity contribution in [1.29, 1.82) is 0 Å². The summed E-state index contributed by atoms with van der Waals surface area (Å²) in [7, 11) is -0.472. The molecule has 28 heavy (non-hydrogen) atoms. The zero-order chi connectivity index (χ0) is 21.2. The van der Waals surface area contributed by atoms with E-state index in [1.54, 1.807) is 13.2 Å². The first-order chi connectivity index (χ1) is 12.9. The third kappa shape index (κ3) is 4.67. The van der Waals surface area contributed by atoms with Crippen LogP contribution >= 0.6 is 0 Å². The molecule has 1 unspecified atom stereocenters. The van der Waals surface area contributed by atoms with E-state index in [0.29, 0.717) is 6.61 Å². The van der Waals surface area contributed by atoms with Crippen LogP contribution in [0.1, 0.15) is 33.3 Å². The highest BCUT2D eigenvalue weighted by atomic mass is 28.4. The molecule has 0 saturated carbocycles. The Morgan fingerprint density at radius 2 is 1.86 bits per heavy atom. The van der Waals surface area contributed by atoms with E-state index in [4.69, 9.17) is 18.6 Å². The minimum atomic E-state index is -2.11. The molecule has 0 aromatic heterocycles. The molecule has 1 aliphatic heterocycles. The Balaban J connectivity index is 2.09. The van der Waals surface area contributed by atoms with Crippen LogP contribution in [-0.4, -0.2) is 40.2 Å². The molecule has 0 amide bonds. The zero-order valence-electron chi connectivity index (χ0n) is 18.2. The van der Waals surface area contributed by atoms with E-state index < -0.39 is 25.9 Å². The number of esters is 1. The van der Waals surface area contributed by atoms with Gasteiger partial charge in [-0.1, -0.05) is 39.0 Å². The lowest BCUT2D eigenvalue weighted by atomic mass is 9.84. The molecule has 0 radical (unpaired) electrons. The van der Waals surface area contributed by atoms with Crippen molar-refractivity contribution in [3.8, 4) is 5.75 Å². The predicted octanol–water partition coefficient (Wildman–Crippen LogP) is 4.72. The number of benzene rings is 1. The monoisotopic (exact) mass is 406 g/mol. The van der Waals surface area contributed by atoms with Crippen LogP contribution in [0.2, 0.25) is 18.1 Å². The van der Waals surface area contributed by atoms with Gasteiger partial charge in [0.05, 0.1) is 20.3 Å². The van der Waals surface area contributed by atoms with Gasteiger partial charge in [0.2, 0.25) is 0 Å². The smallest absolute Gasteiger partial charge is 0.318 e. The molecule has 1 aromatic rings. The van der Waals surface area contributed by atoms with Crippen molar-refractivity contribution < 1.29 is 23.4 Å². The fourth-order valence-electron chi connectivity index (χ4n) is 2.86. The summed E-state index contributed by atoms with van der Waals surface area (Å²) in [6, 6.07) is 7.70. The molecule has 0 aliphatic carbocycles. The number of hydrogen-bond acceptors (Lipinski definition) is 5. The van der Waals surface area contributed by atoms with E-state index in [0.717, 1.165) is 11.3 Å². The molecule has 1 heterocycles. The Hall–Kier alpha value is -1.63. The highest BCUT2D eigenvalue weighted by molar-refractivity contribution is 6.74. The average molecular weight is 407 g/mol. The van der Waals surface area contributed by atoms with Gasteiger partial charge < -0.3 is 18.6 Å². The second-order valence-corrected chi connectivity index (χ2v) is 13.8. The number of carbonyl (C=O) groups excluding carboxylic acids is 1. The Labute approximate surface area is 170 Å². The lowest BCUT2D eigenvalue weighted by molar-refractivity contribution is -0.148. The van der Waals surface area contributed by atoms with Crippen molar-refractivity contribution in [2.45, 2.75) is 64.6 Å². The van der Waals surface area contributed by atoms with Crippen LogP contribution in [0, 0.1) is 5.41 Å². The summed E-state index contributed by atoms with van der Waals surface area (Å²) in [6.45, 7) is 17.3. The maximum atomic E-state index is 12.6. The highest BCUT2D eigenvalue weighted by Crippen LogP contribution is 2.44. The molecule has 5 nitrogen and oxygen atoms in total. The number of carbonyl (C=O) groups is 1. The van der Waals surface area contributed by atoms with Crippen LogP contribution in [0.4, 0.5) is 0 Å². The molecule has 0 bridgehead atoms. The first-order valence-electron chi connectivity index (χ1n) is 9.68. The predicted molar refractivity (Wildman–Crippen MR) is 113 cm³/mol. The van der Waals surface area contributed by atoms with Gasteiger partial charge in [0.1, 0.15) is 17.3 Å². The number of hydrogen-bond donors (Lipinski definition) is 0. The fourth-order valence-corrected chi connectivity index (χ4v) is 4.24. The van der Waals surface area contributed by atoms with E-state index in [9.17, 15) is 4.79 Å². The second-order valence-electron chi connectivity index (χ2n) is 9.09. The molecule has 3 atom stereocenters. The molecule has 1 aromatic carbocycles. The van der Waals surface area contributed by atoms with E-state index in [-0.39, 0.29) is 17.6 Å². The van der Waals surface area contributed by atoms with Crippen molar-refractivity contribution >= 4 is 14.3 Å². The van der Waals surface area contributed by atoms with Crippen molar-refractivity contribution in [3.05, 3.63) is 42.5 Å². The van der Waals surface area contributed by atoms with Gasteiger partial charge >= 0.3 is 5.97 Å². The van der Waals surface area contributed by atoms with E-state index >= 15 is 0 Å². The summed E-state index contributed by atoms with van der Waals surface area (Å²) in [5, 5.41) is 0.0230. The standard InChI is InChI=1S/C22H34O5Si/c1-9-22(5)19(27-28(7,8)21(2,3)4)18(26-20(22)23)15-25-14-16-10-12-17(24-6)13-11-16/h9-13,18-19H,1,14-15H2,2-8H3/t18-,19?,22-/m1/s1. The van der Waals surface area contributed by atoms with Crippen molar-refractivity contribution in [3.63, 3.8) is 0 Å². The quantitative estimate of drug-likeness (QED) is 0.355. The Morgan fingerprint density at radius 3 is 2.36 bits per heavy atom. The summed E-state index contributed by atoms with van der Waals surface area (Å²) < 4.78 is 23.3. The number of rotatable bonds is 8. The third-order valence-corrected chi connectivity index (χ3v) is 10.4. The third-order valence-electron chi connectivity index (χ3n) is 5.99. The first-order valence-corrected chi connectivity index (χ1v) is 12.6. The number of ether oxygens (including phenoxy) is 3. The molecule has 1 fully saturated rings. The van der Waals surface area contributed by atoms with Crippen LogP contribution in [0.15, 0.2) is 36.9 Å². The summed E-state index contributed by atoms with van der Waals surface area (Å²) in [6.07, 6.45) is 0.786. The van der Waals surface area contributed by atoms with Gasteiger partial charge in [-0.05, 0) is 42.8 Å². The van der Waals surface area contributed by atoms with Crippen LogP contribution in [-0.2, 0) is 25.3 Å². The second kappa shape index (κ2) is 8.39. The van der Waals surface area contributed by atoms with Crippen molar-refractivity contribution in [2.75, 3.05) is 13.7 Å². The normalized spacial score (nSPS) is 25.5. The maximum absolute atomic E-state index is 12.6. The lowest BCUT2D eigenvalue weighted by Gasteiger charge is -2.41. The lowest BCUT2D eigenvalue weighted by Crippen LogP contribution is -2.51. The fraction of sp³-hybridized carbons (Fsp3) is 0.591. The van der Waals surface area contributed by atoms with Crippen molar-refractivity contribution in [2.24, 2.45) is 5.41 Å². The van der Waals surface area contributed by atoms with Gasteiger partial charge in [-0.2, -0.15) is 0 Å². The molecule has 0 N–H and O–H groups in total. The van der Waals surface area contributed by atoms with E-state index in [2.05, 4.69) is 40.4 Å². The van der Waals surface area contributed by atoms with Crippen LogP contribution in [0.3, 0.4) is 0 Å². The molecular weight excluding hydrogens is 372 g/mol. The van der Waals surface area contributed by atoms with Gasteiger partial charge in [0, 0.05) is 0 Å². The topological polar surface area (TPSA) is 54.0 Å². The van der Waals surface area contributed by atoms with Crippen LogP contribution < -0.4 is 4.74 Å². The molecule has 0 spiro atoms. The average Bonchev–Trinajstić information content (AvgIpc) is 2.86. The summed E-state index contributed by atoms with van der Waals surface area (Å²) in [4.78, 5) is 12.6. The number of cyclic esters (lactones) is 1. The van der Waals surface area contributed by atoms with E-state index in [1.807, 2.05) is 31.2 Å². The Bertz CT molecular complexity index is 692. The summed E-state index contributed by atoms with van der Waals surface area (Å²) in [5.41, 5.74) is 0.155. The van der Waals surface area contributed by atoms with Gasteiger partial charge in [-0.3, -0.25) is 4.79 Å². The van der Waals surface area contributed by atoms with Crippen molar-refractivity contribution in [1.82, 2.24) is 0 Å². The van der Waals surface area contributed by atoms with Gasteiger partial charge in [0.15, 0.2) is 14.4 Å². The van der Waals surface area contributed by atoms with E-state index in [1.165, 1.54) is 0 Å². The molecule has 1 aliphatic rings. The van der Waals surface area contributed by atoms with Gasteiger partial charge in [-0.15, -0.1) is 6.58 Å². The largest absolute Gasteiger partial charge is 0.497 e. The SMILES string of the molecule is C=C[C@@]1(C)C(=O)O[C@H](COCc2ccc(OC)cc2)C1O[Si](C)(C)C(C)(C)C. The van der Waals surface area contributed by atoms with Crippen LogP contribution in [0.5, 0.6) is 5.75 Å². The minimum absolute atomic E-state index is 0.0230. The Kier molecular flexibility index (Phi) is 6.79. The number of methoxy groups -OCH3 is 1.